The third kappa shape index (κ3) is 5.07. The van der Waals surface area contributed by atoms with Crippen LogP contribution < -0.4 is 4.74 Å². The molecule has 0 spiro atoms. The van der Waals surface area contributed by atoms with E-state index in [1.54, 1.807) is 36.4 Å². The fourth-order valence-corrected chi connectivity index (χ4v) is 9.32. The molecule has 10 heteroatoms. The predicted molar refractivity (Wildman–Crippen MR) is 183 cm³/mol. The first kappa shape index (κ1) is 32.7. The van der Waals surface area contributed by atoms with Crippen LogP contribution in [0.1, 0.15) is 48.3 Å². The van der Waals surface area contributed by atoms with Gasteiger partial charge in [-0.25, -0.2) is 0 Å². The van der Waals surface area contributed by atoms with Gasteiger partial charge in [-0.2, -0.15) is 0 Å². The number of amides is 2. The minimum absolute atomic E-state index is 0.0121. The van der Waals surface area contributed by atoms with Crippen molar-refractivity contribution in [1.29, 1.82) is 0 Å². The van der Waals surface area contributed by atoms with E-state index in [0.29, 0.717) is 26.7 Å². The molecule has 0 bridgehead atoms. The number of ether oxygens (including phenoxy) is 1. The number of carboxylic acids is 1. The number of carbonyl (C=O) groups is 5. The first-order valence-corrected chi connectivity index (χ1v) is 17.1. The molecule has 250 valence electrons. The van der Waals surface area contributed by atoms with Crippen LogP contribution in [0, 0.1) is 23.7 Å². The lowest BCUT2D eigenvalue weighted by molar-refractivity contribution is -0.142. The van der Waals surface area contributed by atoms with Gasteiger partial charge in [0.2, 0.25) is 11.8 Å². The Hall–Kier alpha value is -4.83. The zero-order valence-corrected chi connectivity index (χ0v) is 28.3. The van der Waals surface area contributed by atoms with Crippen LogP contribution in [-0.4, -0.2) is 58.1 Å². The van der Waals surface area contributed by atoms with Gasteiger partial charge in [0.1, 0.15) is 0 Å². The van der Waals surface area contributed by atoms with Crippen LogP contribution in [0.2, 0.25) is 0 Å². The molecule has 3 aromatic rings. The maximum atomic E-state index is 15.1. The number of carbonyl (C=O) groups excluding carboxylic acids is 4. The number of likely N-dealkylation sites (tertiary alicyclic amines) is 1. The Morgan fingerprint density at radius 2 is 1.67 bits per heavy atom. The highest BCUT2D eigenvalue weighted by molar-refractivity contribution is 9.10. The number of methoxy groups -OCH3 is 1. The number of rotatable bonds is 8. The van der Waals surface area contributed by atoms with Gasteiger partial charge in [0.05, 0.1) is 24.4 Å². The molecule has 7 rings (SSSR count). The van der Waals surface area contributed by atoms with E-state index in [0.717, 1.165) is 0 Å². The van der Waals surface area contributed by atoms with Gasteiger partial charge in [0.15, 0.2) is 23.1 Å². The Morgan fingerprint density at radius 1 is 0.980 bits per heavy atom. The largest absolute Gasteiger partial charge is 0.504 e. The molecule has 2 fully saturated rings. The fourth-order valence-electron chi connectivity index (χ4n) is 8.86. The average Bonchev–Trinajstić information content (AvgIpc) is 3.35. The topological polar surface area (TPSA) is 138 Å². The Labute approximate surface area is 291 Å². The molecule has 4 aliphatic rings. The molecule has 0 radical (unpaired) electrons. The first-order chi connectivity index (χ1) is 23.6. The van der Waals surface area contributed by atoms with Crippen molar-refractivity contribution in [3.8, 4) is 11.5 Å². The molecule has 0 unspecified atom stereocenters. The summed E-state index contributed by atoms with van der Waals surface area (Å²) in [6.07, 6.45) is 3.65. The maximum Gasteiger partial charge on any atom is 0.303 e. The fraction of sp³-hybridized carbons (Fsp3) is 0.308. The Balaban J connectivity index is 1.47. The molecule has 9 nitrogen and oxygen atoms in total. The summed E-state index contributed by atoms with van der Waals surface area (Å²) in [6.45, 7) is -0.0121. The number of ketones is 2. The van der Waals surface area contributed by atoms with E-state index in [-0.39, 0.29) is 66.8 Å². The summed E-state index contributed by atoms with van der Waals surface area (Å²) in [6, 6.07) is 21.5. The zero-order valence-electron chi connectivity index (χ0n) is 26.7. The predicted octanol–water partition coefficient (Wildman–Crippen LogP) is 5.85. The van der Waals surface area contributed by atoms with Crippen molar-refractivity contribution in [2.24, 2.45) is 23.7 Å². The van der Waals surface area contributed by atoms with Crippen LogP contribution in [0.4, 0.5) is 0 Å². The van der Waals surface area contributed by atoms with E-state index in [9.17, 15) is 29.4 Å². The number of benzene rings is 3. The van der Waals surface area contributed by atoms with Crippen LogP contribution in [-0.2, 0) is 29.4 Å². The van der Waals surface area contributed by atoms with Gasteiger partial charge >= 0.3 is 5.97 Å². The number of phenols is 1. The monoisotopic (exact) mass is 723 g/mol. The summed E-state index contributed by atoms with van der Waals surface area (Å²) >= 11 is 3.55. The van der Waals surface area contributed by atoms with Crippen LogP contribution in [0.5, 0.6) is 11.5 Å². The lowest BCUT2D eigenvalue weighted by Gasteiger charge is -2.55. The van der Waals surface area contributed by atoms with Crippen molar-refractivity contribution >= 4 is 50.9 Å². The molecule has 3 aromatic carbocycles. The third-order valence-electron chi connectivity index (χ3n) is 10.8. The zero-order chi connectivity index (χ0) is 34.6. The highest BCUT2D eigenvalue weighted by Gasteiger charge is 2.66. The van der Waals surface area contributed by atoms with Crippen molar-refractivity contribution in [2.75, 3.05) is 13.7 Å². The number of allylic oxidation sites excluding steroid dienone is 4. The Bertz CT molecular complexity index is 1950. The molecule has 2 N–H and O–H groups in total. The number of phenolic OH excluding ortho intramolecular Hbond substituents is 1. The minimum atomic E-state index is -1.50. The van der Waals surface area contributed by atoms with Crippen molar-refractivity contribution < 1.29 is 38.9 Å². The average molecular weight is 725 g/mol. The molecule has 1 heterocycles. The summed E-state index contributed by atoms with van der Waals surface area (Å²) in [5, 5.41) is 21.0. The second kappa shape index (κ2) is 12.6. The van der Waals surface area contributed by atoms with Gasteiger partial charge in [0, 0.05) is 40.4 Å². The SMILES string of the molecule is COc1cc(Br)cc([C@H]2C3=CC[C@@H]4C(=O)N(CCCC(=O)O)C(=O)[C@@H]4[C@@H]3C[C@H]3C(=O)C(c4ccccc4)=CC(=O)[C@@]23c2ccccc2)c1O. The summed E-state index contributed by atoms with van der Waals surface area (Å²) in [5.41, 5.74) is 1.06. The van der Waals surface area contributed by atoms with Gasteiger partial charge in [0.25, 0.3) is 0 Å². The summed E-state index contributed by atoms with van der Waals surface area (Å²) in [4.78, 5) is 70.3. The molecule has 3 aliphatic carbocycles. The van der Waals surface area contributed by atoms with Crippen molar-refractivity contribution in [3.05, 3.63) is 112 Å². The van der Waals surface area contributed by atoms with Gasteiger partial charge < -0.3 is 14.9 Å². The number of Topliss-reactive ketones (excluding diaryl/α,β-unsaturated/α-hetero) is 1. The van der Waals surface area contributed by atoms with Crippen molar-refractivity contribution in [2.45, 2.75) is 37.0 Å². The highest BCUT2D eigenvalue weighted by Crippen LogP contribution is 2.65. The summed E-state index contributed by atoms with van der Waals surface area (Å²) < 4.78 is 6.13. The van der Waals surface area contributed by atoms with E-state index < -0.39 is 46.9 Å². The van der Waals surface area contributed by atoms with Gasteiger partial charge in [-0.15, -0.1) is 0 Å². The number of fused-ring (bicyclic) bond motifs is 4. The lowest BCUT2D eigenvalue weighted by Crippen LogP contribution is -2.58. The lowest BCUT2D eigenvalue weighted by atomic mass is 9.44. The molecule has 1 aliphatic heterocycles. The van der Waals surface area contributed by atoms with E-state index in [1.807, 2.05) is 42.5 Å². The molecular formula is C39H34BrNO8. The van der Waals surface area contributed by atoms with Gasteiger partial charge in [-0.3, -0.25) is 28.9 Å². The maximum absolute atomic E-state index is 15.1. The molecular weight excluding hydrogens is 690 g/mol. The highest BCUT2D eigenvalue weighted by atomic mass is 79.9. The first-order valence-electron chi connectivity index (χ1n) is 16.3. The number of nitrogens with zero attached hydrogens (tertiary/aromatic N) is 1. The molecule has 1 saturated carbocycles. The van der Waals surface area contributed by atoms with Crippen LogP contribution in [0.15, 0.2) is 95.0 Å². The normalized spacial score (nSPS) is 27.6. The number of imide groups is 1. The third-order valence-corrected chi connectivity index (χ3v) is 11.3. The van der Waals surface area contributed by atoms with Crippen LogP contribution in [0.25, 0.3) is 5.57 Å². The number of hydrogen-bond donors (Lipinski definition) is 2. The van der Waals surface area contributed by atoms with Gasteiger partial charge in [-0.1, -0.05) is 88.2 Å². The summed E-state index contributed by atoms with van der Waals surface area (Å²) in [7, 11) is 1.43. The van der Waals surface area contributed by atoms with Crippen LogP contribution in [0.3, 0.4) is 0 Å². The van der Waals surface area contributed by atoms with E-state index in [2.05, 4.69) is 15.9 Å². The molecule has 2 amide bonds. The Kier molecular flexibility index (Phi) is 8.39. The van der Waals surface area contributed by atoms with Crippen molar-refractivity contribution in [1.82, 2.24) is 4.90 Å². The molecule has 1 saturated heterocycles. The summed E-state index contributed by atoms with van der Waals surface area (Å²) in [5.74, 6) is -6.28. The van der Waals surface area contributed by atoms with Crippen LogP contribution >= 0.6 is 15.9 Å². The van der Waals surface area contributed by atoms with Crippen molar-refractivity contribution in [3.63, 3.8) is 0 Å². The van der Waals surface area contributed by atoms with E-state index in [4.69, 9.17) is 4.74 Å². The van der Waals surface area contributed by atoms with E-state index in [1.165, 1.54) is 18.1 Å². The number of carboxylic acid groups (broad SMARTS) is 1. The molecule has 0 aromatic heterocycles. The second-order valence-corrected chi connectivity index (χ2v) is 14.1. The van der Waals surface area contributed by atoms with E-state index >= 15 is 4.79 Å². The van der Waals surface area contributed by atoms with Gasteiger partial charge in [-0.05, 0) is 54.5 Å². The second-order valence-electron chi connectivity index (χ2n) is 13.2. The Morgan fingerprint density at radius 3 is 2.35 bits per heavy atom. The number of aliphatic carboxylic acids is 1. The standard InChI is InChI=1S/C39H34BrNO8/c1-49-30-18-23(40)17-28(36(30)46)34-24-14-15-25-33(38(48)41(37(25)47)16-8-13-32(43)44)27(24)19-29-35(45)26(21-9-4-2-5-10-21)20-31(42)39(29,34)22-11-6-3-7-12-22/h2-7,9-12,14,17-18,20,25,27,29,33-34,46H,8,13,15-16,19H2,1H3,(H,43,44)/t25-,27+,29-,33-,34+,39-/m0/s1. The number of hydrogen-bond acceptors (Lipinski definition) is 7. The number of halogens is 1. The quantitative estimate of drug-likeness (QED) is 0.218. The molecule has 49 heavy (non-hydrogen) atoms. The minimum Gasteiger partial charge on any atom is -0.504 e. The number of aromatic hydroxyl groups is 1. The smallest absolute Gasteiger partial charge is 0.303 e. The molecule has 6 atom stereocenters.